The molecule has 21 heavy (non-hydrogen) atoms. The van der Waals surface area contributed by atoms with E-state index in [0.29, 0.717) is 5.57 Å². The van der Waals surface area contributed by atoms with E-state index in [0.717, 1.165) is 0 Å². The van der Waals surface area contributed by atoms with E-state index >= 15 is 0 Å². The molecule has 0 saturated heterocycles. The van der Waals surface area contributed by atoms with E-state index in [1.54, 1.807) is 19.9 Å². The predicted molar refractivity (Wildman–Crippen MR) is 75.2 cm³/mol. The van der Waals surface area contributed by atoms with Crippen LogP contribution in [0.1, 0.15) is 20.8 Å². The topological polar surface area (TPSA) is 93.1 Å². The van der Waals surface area contributed by atoms with Crippen LogP contribution in [-0.4, -0.2) is 46.6 Å². The molecule has 4 atom stereocenters. The Morgan fingerprint density at radius 3 is 2.71 bits per heavy atom. The summed E-state index contributed by atoms with van der Waals surface area (Å²) >= 11 is 0. The lowest BCUT2D eigenvalue weighted by Crippen LogP contribution is -2.36. The van der Waals surface area contributed by atoms with Crippen LogP contribution in [0.2, 0.25) is 0 Å². The Morgan fingerprint density at radius 1 is 1.48 bits per heavy atom. The minimum Gasteiger partial charge on any atom is -0.451 e. The molecule has 116 valence electrons. The Kier molecular flexibility index (Phi) is 6.33. The Bertz CT molecular complexity index is 475. The van der Waals surface area contributed by atoms with Crippen LogP contribution >= 0.6 is 0 Å². The van der Waals surface area contributed by atoms with Gasteiger partial charge < -0.3 is 19.7 Å². The van der Waals surface area contributed by atoms with Gasteiger partial charge in [-0.2, -0.15) is 0 Å². The standard InChI is InChI=1S/C15H20O6/c1-4-9(2)15(19)21-13-7-8-14(18)20-12(13)6-5-11(17)10(3)16/h4-8,10-13,16-17H,1-3H3/b6-5+,9-4-/t10?,11?,12-,13+/m1/s1. The number of carbonyl (C=O) groups is 2. The van der Waals surface area contributed by atoms with Gasteiger partial charge in [-0.3, -0.25) is 0 Å². The van der Waals surface area contributed by atoms with Gasteiger partial charge in [0.2, 0.25) is 0 Å². The smallest absolute Gasteiger partial charge is 0.334 e. The number of cyclic esters (lactones) is 1. The van der Waals surface area contributed by atoms with Crippen LogP contribution in [0.25, 0.3) is 0 Å². The highest BCUT2D eigenvalue weighted by Gasteiger charge is 2.28. The number of allylic oxidation sites excluding steroid dienone is 1. The molecule has 1 heterocycles. The SMILES string of the molecule is C/C=C(/C)C(=O)O[C@H]1C=CC(=O)O[C@@H]1/C=C/C(O)C(C)O. The van der Waals surface area contributed by atoms with Crippen molar-refractivity contribution in [2.24, 2.45) is 0 Å². The van der Waals surface area contributed by atoms with Crippen molar-refractivity contribution < 1.29 is 29.3 Å². The second-order valence-corrected chi connectivity index (χ2v) is 4.72. The van der Waals surface area contributed by atoms with Crippen molar-refractivity contribution in [3.8, 4) is 0 Å². The minimum atomic E-state index is -1.09. The highest BCUT2D eigenvalue weighted by atomic mass is 16.6. The average Bonchev–Trinajstić information content (AvgIpc) is 2.45. The number of aliphatic hydroxyl groups is 2. The van der Waals surface area contributed by atoms with Crippen molar-refractivity contribution in [1.29, 1.82) is 0 Å². The van der Waals surface area contributed by atoms with Crippen LogP contribution in [0.5, 0.6) is 0 Å². The van der Waals surface area contributed by atoms with Gasteiger partial charge in [-0.05, 0) is 32.9 Å². The van der Waals surface area contributed by atoms with Crippen LogP contribution in [-0.2, 0) is 19.1 Å². The zero-order valence-corrected chi connectivity index (χ0v) is 12.2. The number of carbonyl (C=O) groups excluding carboxylic acids is 2. The van der Waals surface area contributed by atoms with Crippen molar-refractivity contribution in [3.05, 3.63) is 36.0 Å². The summed E-state index contributed by atoms with van der Waals surface area (Å²) in [5, 5.41) is 18.7. The minimum absolute atomic E-state index is 0.437. The Balaban J connectivity index is 2.81. The van der Waals surface area contributed by atoms with Crippen molar-refractivity contribution in [3.63, 3.8) is 0 Å². The summed E-state index contributed by atoms with van der Waals surface area (Å²) in [4.78, 5) is 23.0. The first-order valence-electron chi connectivity index (χ1n) is 6.62. The van der Waals surface area contributed by atoms with E-state index in [9.17, 15) is 19.8 Å². The number of hydrogen-bond acceptors (Lipinski definition) is 6. The predicted octanol–water partition coefficient (Wildman–Crippen LogP) is 0.644. The lowest BCUT2D eigenvalue weighted by atomic mass is 10.1. The van der Waals surface area contributed by atoms with Gasteiger partial charge in [-0.25, -0.2) is 9.59 Å². The Hall–Kier alpha value is -1.92. The van der Waals surface area contributed by atoms with Gasteiger partial charge in [0.15, 0.2) is 12.2 Å². The van der Waals surface area contributed by atoms with E-state index in [4.69, 9.17) is 9.47 Å². The zero-order chi connectivity index (χ0) is 16.0. The lowest BCUT2D eigenvalue weighted by molar-refractivity contribution is -0.157. The number of ether oxygens (including phenoxy) is 2. The number of rotatable bonds is 5. The molecule has 0 radical (unpaired) electrons. The van der Waals surface area contributed by atoms with E-state index in [2.05, 4.69) is 0 Å². The van der Waals surface area contributed by atoms with Crippen LogP contribution in [0.3, 0.4) is 0 Å². The van der Waals surface area contributed by atoms with E-state index in [1.165, 1.54) is 31.2 Å². The van der Waals surface area contributed by atoms with Gasteiger partial charge in [0, 0.05) is 11.6 Å². The van der Waals surface area contributed by atoms with E-state index < -0.39 is 36.4 Å². The summed E-state index contributed by atoms with van der Waals surface area (Å²) in [5.41, 5.74) is 0.437. The molecule has 0 aliphatic carbocycles. The van der Waals surface area contributed by atoms with E-state index in [-0.39, 0.29) is 0 Å². The third-order valence-electron chi connectivity index (χ3n) is 2.99. The van der Waals surface area contributed by atoms with Crippen LogP contribution < -0.4 is 0 Å². The molecule has 0 aromatic carbocycles. The van der Waals surface area contributed by atoms with Gasteiger partial charge in [0.25, 0.3) is 0 Å². The quantitative estimate of drug-likeness (QED) is 0.439. The van der Waals surface area contributed by atoms with Gasteiger partial charge in [-0.15, -0.1) is 0 Å². The van der Waals surface area contributed by atoms with Crippen molar-refractivity contribution >= 4 is 11.9 Å². The Morgan fingerprint density at radius 2 is 2.14 bits per heavy atom. The van der Waals surface area contributed by atoms with Gasteiger partial charge >= 0.3 is 11.9 Å². The molecule has 6 heteroatoms. The molecule has 1 rings (SSSR count). The second-order valence-electron chi connectivity index (χ2n) is 4.72. The molecule has 0 amide bonds. The summed E-state index contributed by atoms with van der Waals surface area (Å²) < 4.78 is 10.3. The molecule has 1 aliphatic rings. The maximum atomic E-state index is 11.7. The number of hydrogen-bond donors (Lipinski definition) is 2. The first-order chi connectivity index (χ1) is 9.85. The maximum absolute atomic E-state index is 11.7. The molecule has 0 spiro atoms. The zero-order valence-electron chi connectivity index (χ0n) is 12.2. The molecule has 2 N–H and O–H groups in total. The molecular weight excluding hydrogens is 276 g/mol. The molecule has 0 bridgehead atoms. The van der Waals surface area contributed by atoms with Crippen LogP contribution in [0.4, 0.5) is 0 Å². The second kappa shape index (κ2) is 7.75. The van der Waals surface area contributed by atoms with E-state index in [1.807, 2.05) is 0 Å². The summed E-state index contributed by atoms with van der Waals surface area (Å²) in [7, 11) is 0. The van der Waals surface area contributed by atoms with Crippen molar-refractivity contribution in [1.82, 2.24) is 0 Å². The third kappa shape index (κ3) is 5.17. The van der Waals surface area contributed by atoms with Gasteiger partial charge in [0.05, 0.1) is 12.2 Å². The molecule has 6 nitrogen and oxygen atoms in total. The highest BCUT2D eigenvalue weighted by Crippen LogP contribution is 2.16. The lowest BCUT2D eigenvalue weighted by Gasteiger charge is -2.25. The normalized spacial score (nSPS) is 25.6. The third-order valence-corrected chi connectivity index (χ3v) is 2.99. The van der Waals surface area contributed by atoms with Crippen molar-refractivity contribution in [2.75, 3.05) is 0 Å². The van der Waals surface area contributed by atoms with Crippen LogP contribution in [0.15, 0.2) is 36.0 Å². The van der Waals surface area contributed by atoms with Gasteiger partial charge in [0.1, 0.15) is 0 Å². The highest BCUT2D eigenvalue weighted by molar-refractivity contribution is 5.88. The molecule has 0 aromatic rings. The molecular formula is C15H20O6. The summed E-state index contributed by atoms with van der Waals surface area (Å²) in [6.45, 7) is 4.75. The van der Waals surface area contributed by atoms with Gasteiger partial charge in [-0.1, -0.05) is 12.2 Å². The number of aliphatic hydroxyl groups excluding tert-OH is 2. The molecule has 2 unspecified atom stereocenters. The van der Waals surface area contributed by atoms with Crippen molar-refractivity contribution in [2.45, 2.75) is 45.2 Å². The first kappa shape index (κ1) is 17.1. The summed E-state index contributed by atoms with van der Waals surface area (Å²) in [6.07, 6.45) is 3.24. The Labute approximate surface area is 123 Å². The molecule has 0 fully saturated rings. The fraction of sp³-hybridized carbons (Fsp3) is 0.467. The summed E-state index contributed by atoms with van der Waals surface area (Å²) in [5.74, 6) is -1.08. The average molecular weight is 296 g/mol. The fourth-order valence-electron chi connectivity index (χ4n) is 1.50. The fourth-order valence-corrected chi connectivity index (χ4v) is 1.50. The first-order valence-corrected chi connectivity index (χ1v) is 6.62. The van der Waals surface area contributed by atoms with Crippen LogP contribution in [0, 0.1) is 0 Å². The molecule has 0 saturated carbocycles. The molecule has 0 aromatic heterocycles. The number of esters is 2. The largest absolute Gasteiger partial charge is 0.451 e. The maximum Gasteiger partial charge on any atom is 0.334 e. The molecule has 1 aliphatic heterocycles. The monoisotopic (exact) mass is 296 g/mol. The summed E-state index contributed by atoms with van der Waals surface area (Å²) in [6, 6.07) is 0.